The smallest absolute Gasteiger partial charge is 0.287 e. The molecule has 3 rings (SSSR count). The molecule has 2 N–H and O–H groups in total. The Labute approximate surface area is 136 Å². The molecule has 1 aliphatic rings. The van der Waals surface area contributed by atoms with Crippen molar-refractivity contribution in [1.82, 2.24) is 5.32 Å². The molecule has 1 saturated carbocycles. The second-order valence-electron chi connectivity index (χ2n) is 7.04. The van der Waals surface area contributed by atoms with Crippen molar-refractivity contribution in [3.63, 3.8) is 0 Å². The van der Waals surface area contributed by atoms with Crippen LogP contribution in [0.15, 0.2) is 16.5 Å². The van der Waals surface area contributed by atoms with E-state index < -0.39 is 0 Å². The third-order valence-electron chi connectivity index (χ3n) is 5.38. The number of nitrogens with one attached hydrogen (secondary N) is 1. The van der Waals surface area contributed by atoms with Crippen LogP contribution in [0.25, 0.3) is 11.0 Å². The van der Waals surface area contributed by atoms with E-state index in [2.05, 4.69) is 18.3 Å². The van der Waals surface area contributed by atoms with Gasteiger partial charge in [0.05, 0.1) is 6.61 Å². The van der Waals surface area contributed by atoms with Crippen LogP contribution < -0.4 is 5.32 Å². The number of benzene rings is 1. The molecule has 2 aromatic rings. The summed E-state index contributed by atoms with van der Waals surface area (Å²) >= 11 is 0. The van der Waals surface area contributed by atoms with Gasteiger partial charge in [0.2, 0.25) is 0 Å². The summed E-state index contributed by atoms with van der Waals surface area (Å²) in [5.41, 5.74) is 3.84. The molecular weight excluding hydrogens is 290 g/mol. The molecule has 1 heterocycles. The highest BCUT2D eigenvalue weighted by molar-refractivity contribution is 5.99. The maximum absolute atomic E-state index is 12.5. The number of carbonyl (C=O) groups excluding carboxylic acids is 1. The van der Waals surface area contributed by atoms with Crippen LogP contribution in [0, 0.1) is 26.2 Å². The normalized spacial score (nSPS) is 16.9. The molecule has 4 heteroatoms. The van der Waals surface area contributed by atoms with E-state index in [1.807, 2.05) is 19.9 Å². The first-order valence-corrected chi connectivity index (χ1v) is 8.35. The summed E-state index contributed by atoms with van der Waals surface area (Å²) in [7, 11) is 0. The van der Waals surface area contributed by atoms with Crippen LogP contribution in [-0.2, 0) is 0 Å². The summed E-state index contributed by atoms with van der Waals surface area (Å²) in [4.78, 5) is 12.5. The fourth-order valence-corrected chi connectivity index (χ4v) is 3.56. The number of fused-ring (bicyclic) bond motifs is 1. The highest BCUT2D eigenvalue weighted by Crippen LogP contribution is 2.37. The lowest BCUT2D eigenvalue weighted by Gasteiger charge is -2.26. The van der Waals surface area contributed by atoms with Gasteiger partial charge in [0.15, 0.2) is 5.76 Å². The van der Waals surface area contributed by atoms with Crippen LogP contribution in [0.2, 0.25) is 0 Å². The van der Waals surface area contributed by atoms with Gasteiger partial charge in [0, 0.05) is 22.9 Å². The molecular formula is C19H25NO3. The molecule has 0 spiro atoms. The molecule has 23 heavy (non-hydrogen) atoms. The summed E-state index contributed by atoms with van der Waals surface area (Å²) in [6, 6.07) is 4.06. The van der Waals surface area contributed by atoms with Gasteiger partial charge in [-0.1, -0.05) is 12.8 Å². The summed E-state index contributed by atoms with van der Waals surface area (Å²) in [6.45, 7) is 6.66. The molecule has 1 fully saturated rings. The number of amides is 1. The summed E-state index contributed by atoms with van der Waals surface area (Å²) in [5, 5.41) is 13.6. The van der Waals surface area contributed by atoms with Crippen molar-refractivity contribution in [2.75, 3.05) is 13.2 Å². The van der Waals surface area contributed by atoms with Crippen molar-refractivity contribution in [2.45, 2.75) is 46.5 Å². The zero-order valence-electron chi connectivity index (χ0n) is 14.2. The van der Waals surface area contributed by atoms with Gasteiger partial charge in [-0.3, -0.25) is 4.79 Å². The molecule has 0 bridgehead atoms. The van der Waals surface area contributed by atoms with E-state index in [0.717, 1.165) is 47.8 Å². The second kappa shape index (κ2) is 6.00. The minimum Gasteiger partial charge on any atom is -0.451 e. The van der Waals surface area contributed by atoms with E-state index in [1.54, 1.807) is 0 Å². The van der Waals surface area contributed by atoms with E-state index in [-0.39, 0.29) is 17.9 Å². The summed E-state index contributed by atoms with van der Waals surface area (Å²) < 4.78 is 5.80. The van der Waals surface area contributed by atoms with Gasteiger partial charge in [0.25, 0.3) is 5.91 Å². The molecule has 1 amide bonds. The van der Waals surface area contributed by atoms with Crippen molar-refractivity contribution >= 4 is 16.9 Å². The molecule has 1 aromatic heterocycles. The van der Waals surface area contributed by atoms with Gasteiger partial charge in [-0.05, 0) is 56.9 Å². The lowest BCUT2D eigenvalue weighted by molar-refractivity contribution is 0.0856. The van der Waals surface area contributed by atoms with Gasteiger partial charge in [-0.25, -0.2) is 0 Å². The van der Waals surface area contributed by atoms with E-state index in [4.69, 9.17) is 4.42 Å². The van der Waals surface area contributed by atoms with Crippen LogP contribution in [0.3, 0.4) is 0 Å². The Morgan fingerprint density at radius 1 is 1.22 bits per heavy atom. The van der Waals surface area contributed by atoms with E-state index in [1.165, 1.54) is 5.56 Å². The quantitative estimate of drug-likeness (QED) is 0.905. The third kappa shape index (κ3) is 2.88. The van der Waals surface area contributed by atoms with Crippen LogP contribution in [-0.4, -0.2) is 24.2 Å². The largest absolute Gasteiger partial charge is 0.451 e. The standard InChI is InChI=1S/C19H25NO3/c1-12-8-15-14(3)17(23-16(15)9-13(12)2)18(22)20-10-19(11-21)6-4-5-7-19/h8-9,21H,4-7,10-11H2,1-3H3,(H,20,22). The number of hydrogen-bond acceptors (Lipinski definition) is 3. The number of aliphatic hydroxyl groups is 1. The van der Waals surface area contributed by atoms with Crippen molar-refractivity contribution in [3.05, 3.63) is 34.6 Å². The van der Waals surface area contributed by atoms with Crippen LogP contribution in [0.5, 0.6) is 0 Å². The Morgan fingerprint density at radius 3 is 2.52 bits per heavy atom. The van der Waals surface area contributed by atoms with Crippen LogP contribution in [0.1, 0.15) is 52.9 Å². The van der Waals surface area contributed by atoms with Crippen LogP contribution >= 0.6 is 0 Å². The Bertz CT molecular complexity index is 739. The van der Waals surface area contributed by atoms with Crippen molar-refractivity contribution < 1.29 is 14.3 Å². The first-order chi connectivity index (χ1) is 11.0. The van der Waals surface area contributed by atoms with Crippen molar-refractivity contribution in [2.24, 2.45) is 5.41 Å². The number of rotatable bonds is 4. The third-order valence-corrected chi connectivity index (χ3v) is 5.38. The Hall–Kier alpha value is -1.81. The highest BCUT2D eigenvalue weighted by Gasteiger charge is 2.34. The monoisotopic (exact) mass is 315 g/mol. The molecule has 0 atom stereocenters. The number of carbonyl (C=O) groups is 1. The second-order valence-corrected chi connectivity index (χ2v) is 7.04. The first kappa shape index (κ1) is 16.1. The topological polar surface area (TPSA) is 62.5 Å². The van der Waals surface area contributed by atoms with E-state index in [9.17, 15) is 9.90 Å². The number of furan rings is 1. The average molecular weight is 315 g/mol. The predicted molar refractivity (Wildman–Crippen MR) is 90.7 cm³/mol. The molecule has 0 radical (unpaired) electrons. The Kier molecular flexibility index (Phi) is 4.19. The fourth-order valence-electron chi connectivity index (χ4n) is 3.56. The highest BCUT2D eigenvalue weighted by atomic mass is 16.3. The zero-order valence-corrected chi connectivity index (χ0v) is 14.2. The summed E-state index contributed by atoms with van der Waals surface area (Å²) in [5.74, 6) is 0.199. The SMILES string of the molecule is Cc1cc2oc(C(=O)NCC3(CO)CCCC3)c(C)c2cc1C. The van der Waals surface area contributed by atoms with Crippen molar-refractivity contribution in [3.8, 4) is 0 Å². The van der Waals surface area contributed by atoms with Gasteiger partial charge >= 0.3 is 0 Å². The van der Waals surface area contributed by atoms with Crippen molar-refractivity contribution in [1.29, 1.82) is 0 Å². The molecule has 0 saturated heterocycles. The molecule has 1 aromatic carbocycles. The average Bonchev–Trinajstić information content (AvgIpc) is 3.13. The van der Waals surface area contributed by atoms with Gasteiger partial charge < -0.3 is 14.8 Å². The molecule has 1 aliphatic carbocycles. The van der Waals surface area contributed by atoms with Gasteiger partial charge in [-0.15, -0.1) is 0 Å². The minimum atomic E-state index is -0.186. The van der Waals surface area contributed by atoms with Gasteiger partial charge in [0.1, 0.15) is 5.58 Å². The van der Waals surface area contributed by atoms with E-state index >= 15 is 0 Å². The van der Waals surface area contributed by atoms with E-state index in [0.29, 0.717) is 12.3 Å². The predicted octanol–water partition coefficient (Wildman–Crippen LogP) is 3.64. The molecule has 0 unspecified atom stereocenters. The first-order valence-electron chi connectivity index (χ1n) is 8.35. The Balaban J connectivity index is 1.82. The Morgan fingerprint density at radius 2 is 1.87 bits per heavy atom. The maximum Gasteiger partial charge on any atom is 0.287 e. The zero-order chi connectivity index (χ0) is 16.6. The lowest BCUT2D eigenvalue weighted by Crippen LogP contribution is -2.38. The summed E-state index contributed by atoms with van der Waals surface area (Å²) in [6.07, 6.45) is 4.19. The van der Waals surface area contributed by atoms with Crippen LogP contribution in [0.4, 0.5) is 0 Å². The number of aryl methyl sites for hydroxylation is 3. The number of aliphatic hydroxyl groups excluding tert-OH is 1. The maximum atomic E-state index is 12.5. The molecule has 4 nitrogen and oxygen atoms in total. The molecule has 0 aliphatic heterocycles. The van der Waals surface area contributed by atoms with Gasteiger partial charge in [-0.2, -0.15) is 0 Å². The minimum absolute atomic E-state index is 0.130. The molecule has 124 valence electrons. The lowest BCUT2D eigenvalue weighted by atomic mass is 9.87. The fraction of sp³-hybridized carbons (Fsp3) is 0.526. The number of hydrogen-bond donors (Lipinski definition) is 2.